The molecule has 0 saturated carbocycles. The summed E-state index contributed by atoms with van der Waals surface area (Å²) in [5.41, 5.74) is 4.73. The molecule has 5 rings (SSSR count). The van der Waals surface area contributed by atoms with Crippen molar-refractivity contribution in [1.82, 2.24) is 19.5 Å². The van der Waals surface area contributed by atoms with Gasteiger partial charge in [-0.05, 0) is 43.3 Å². The molecule has 6 nitrogen and oxygen atoms in total. The topological polar surface area (TPSA) is 68.8 Å². The van der Waals surface area contributed by atoms with Gasteiger partial charge in [-0.25, -0.2) is 14.4 Å². The van der Waals surface area contributed by atoms with Crippen LogP contribution in [0.3, 0.4) is 0 Å². The van der Waals surface area contributed by atoms with Crippen LogP contribution in [0.5, 0.6) is 0 Å². The zero-order chi connectivity index (χ0) is 21.5. The molecule has 3 heterocycles. The fourth-order valence-electron chi connectivity index (χ4n) is 3.54. The molecule has 1 N–H and O–H groups in total. The number of fused-ring (bicyclic) bond motifs is 1. The highest BCUT2D eigenvalue weighted by Gasteiger charge is 2.17. The SMILES string of the molecule is Cc1ncoc1-c1ccc(Nc2cc(F)cc3c2nc(-c2ccccc2Cl)n3C)cn1. The van der Waals surface area contributed by atoms with Gasteiger partial charge in [-0.15, -0.1) is 0 Å². The maximum Gasteiger partial charge on any atom is 0.181 e. The van der Waals surface area contributed by atoms with E-state index in [4.69, 9.17) is 21.0 Å². The Labute approximate surface area is 182 Å². The summed E-state index contributed by atoms with van der Waals surface area (Å²) < 4.78 is 21.6. The lowest BCUT2D eigenvalue weighted by atomic mass is 10.2. The van der Waals surface area contributed by atoms with E-state index in [-0.39, 0.29) is 5.82 Å². The maximum absolute atomic E-state index is 14.4. The van der Waals surface area contributed by atoms with E-state index in [2.05, 4.69) is 15.3 Å². The van der Waals surface area contributed by atoms with Gasteiger partial charge in [0.25, 0.3) is 0 Å². The van der Waals surface area contributed by atoms with Gasteiger partial charge < -0.3 is 14.3 Å². The lowest BCUT2D eigenvalue weighted by Gasteiger charge is -2.08. The molecule has 0 amide bonds. The summed E-state index contributed by atoms with van der Waals surface area (Å²) in [5, 5.41) is 3.81. The van der Waals surface area contributed by atoms with Gasteiger partial charge in [-0.3, -0.25) is 4.98 Å². The van der Waals surface area contributed by atoms with Gasteiger partial charge in [0.1, 0.15) is 22.9 Å². The molecular formula is C23H17ClFN5O. The second-order valence-electron chi connectivity index (χ2n) is 7.12. The molecule has 5 aromatic rings. The van der Waals surface area contributed by atoms with Crippen LogP contribution in [-0.2, 0) is 7.05 Å². The van der Waals surface area contributed by atoms with E-state index in [1.165, 1.54) is 18.5 Å². The number of rotatable bonds is 4. The molecule has 154 valence electrons. The number of halogens is 2. The number of hydrogen-bond acceptors (Lipinski definition) is 5. The van der Waals surface area contributed by atoms with Crippen molar-refractivity contribution in [2.24, 2.45) is 7.05 Å². The smallest absolute Gasteiger partial charge is 0.181 e. The van der Waals surface area contributed by atoms with Crippen molar-refractivity contribution in [3.8, 4) is 22.8 Å². The Hall–Kier alpha value is -3.71. The van der Waals surface area contributed by atoms with Crippen LogP contribution in [0.1, 0.15) is 5.69 Å². The van der Waals surface area contributed by atoms with Crippen LogP contribution in [0, 0.1) is 12.7 Å². The lowest BCUT2D eigenvalue weighted by Crippen LogP contribution is -1.95. The van der Waals surface area contributed by atoms with Gasteiger partial charge in [0.15, 0.2) is 12.2 Å². The molecule has 0 fully saturated rings. The summed E-state index contributed by atoms with van der Waals surface area (Å²) in [7, 11) is 1.84. The third-order valence-corrected chi connectivity index (χ3v) is 5.42. The van der Waals surface area contributed by atoms with Crippen molar-refractivity contribution in [2.75, 3.05) is 5.32 Å². The molecule has 0 aliphatic heterocycles. The normalized spacial score (nSPS) is 11.2. The molecular weight excluding hydrogens is 417 g/mol. The molecule has 8 heteroatoms. The molecule has 31 heavy (non-hydrogen) atoms. The Balaban J connectivity index is 1.55. The fourth-order valence-corrected chi connectivity index (χ4v) is 3.76. The van der Waals surface area contributed by atoms with Crippen LogP contribution < -0.4 is 5.32 Å². The Morgan fingerprint density at radius 1 is 1.10 bits per heavy atom. The molecule has 2 aromatic carbocycles. The minimum absolute atomic E-state index is 0.370. The molecule has 0 unspecified atom stereocenters. The molecule has 0 radical (unpaired) electrons. The van der Waals surface area contributed by atoms with E-state index >= 15 is 0 Å². The molecule has 0 atom stereocenters. The van der Waals surface area contributed by atoms with Gasteiger partial charge in [-0.1, -0.05) is 23.7 Å². The average Bonchev–Trinajstić information content (AvgIpc) is 3.33. The van der Waals surface area contributed by atoms with E-state index in [1.54, 1.807) is 12.3 Å². The van der Waals surface area contributed by atoms with Gasteiger partial charge in [0, 0.05) is 12.6 Å². The first-order valence-corrected chi connectivity index (χ1v) is 9.93. The van der Waals surface area contributed by atoms with Crippen LogP contribution in [0.2, 0.25) is 5.02 Å². The van der Waals surface area contributed by atoms with Gasteiger partial charge >= 0.3 is 0 Å². The standard InChI is InChI=1S/C23H17ClFN5O/c1-13-22(31-12-27-13)18-8-7-15(11-26-18)28-19-9-14(25)10-20-21(19)29-23(30(20)2)16-5-3-4-6-17(16)24/h3-12,28H,1-2H3. The number of pyridine rings is 1. The van der Waals surface area contributed by atoms with Crippen LogP contribution in [0.25, 0.3) is 33.9 Å². The first kappa shape index (κ1) is 19.3. The van der Waals surface area contributed by atoms with Gasteiger partial charge in [-0.2, -0.15) is 0 Å². The number of nitrogens with one attached hydrogen (secondary N) is 1. The highest BCUT2D eigenvalue weighted by atomic mass is 35.5. The van der Waals surface area contributed by atoms with E-state index in [9.17, 15) is 4.39 Å². The summed E-state index contributed by atoms with van der Waals surface area (Å²) in [5.74, 6) is 0.905. The van der Waals surface area contributed by atoms with Crippen LogP contribution in [0.15, 0.2) is 65.5 Å². The Kier molecular flexibility index (Phi) is 4.67. The van der Waals surface area contributed by atoms with Crippen LogP contribution >= 0.6 is 11.6 Å². The average molecular weight is 434 g/mol. The van der Waals surface area contributed by atoms with E-state index < -0.39 is 0 Å². The maximum atomic E-state index is 14.4. The number of anilines is 2. The highest BCUT2D eigenvalue weighted by molar-refractivity contribution is 6.33. The summed E-state index contributed by atoms with van der Waals surface area (Å²) in [6.45, 7) is 1.85. The number of benzene rings is 2. The molecule has 0 aliphatic carbocycles. The third-order valence-electron chi connectivity index (χ3n) is 5.09. The number of oxazole rings is 1. The first-order valence-electron chi connectivity index (χ1n) is 9.55. The molecule has 0 bridgehead atoms. The minimum Gasteiger partial charge on any atom is -0.442 e. The lowest BCUT2D eigenvalue weighted by molar-refractivity contribution is 0.569. The molecule has 0 aliphatic rings. The van der Waals surface area contributed by atoms with Crippen LogP contribution in [0.4, 0.5) is 15.8 Å². The van der Waals surface area contributed by atoms with Crippen LogP contribution in [-0.4, -0.2) is 19.5 Å². The van der Waals surface area contributed by atoms with Crippen molar-refractivity contribution < 1.29 is 8.81 Å². The van der Waals surface area contributed by atoms with Gasteiger partial charge in [0.2, 0.25) is 0 Å². The Morgan fingerprint density at radius 2 is 1.94 bits per heavy atom. The van der Waals surface area contributed by atoms with Crippen molar-refractivity contribution in [3.63, 3.8) is 0 Å². The van der Waals surface area contributed by atoms with E-state index in [0.29, 0.717) is 44.7 Å². The second kappa shape index (κ2) is 7.52. The van der Waals surface area contributed by atoms with Crippen molar-refractivity contribution in [2.45, 2.75) is 6.92 Å². The van der Waals surface area contributed by atoms with E-state index in [0.717, 1.165) is 11.3 Å². The second-order valence-corrected chi connectivity index (χ2v) is 7.53. The molecule has 0 spiro atoms. The monoisotopic (exact) mass is 433 g/mol. The summed E-state index contributed by atoms with van der Waals surface area (Å²) in [4.78, 5) is 13.3. The third kappa shape index (κ3) is 3.43. The minimum atomic E-state index is -0.370. The summed E-state index contributed by atoms with van der Waals surface area (Å²) in [6.07, 6.45) is 3.05. The quantitative estimate of drug-likeness (QED) is 0.369. The number of nitrogens with zero attached hydrogens (tertiary/aromatic N) is 4. The predicted octanol–water partition coefficient (Wildman–Crippen LogP) is 6.13. The van der Waals surface area contributed by atoms with Gasteiger partial charge in [0.05, 0.1) is 33.8 Å². The highest BCUT2D eigenvalue weighted by Crippen LogP contribution is 2.34. The van der Waals surface area contributed by atoms with Crippen molar-refractivity contribution in [1.29, 1.82) is 0 Å². The largest absolute Gasteiger partial charge is 0.442 e. The van der Waals surface area contributed by atoms with E-state index in [1.807, 2.05) is 48.9 Å². The zero-order valence-corrected chi connectivity index (χ0v) is 17.5. The number of imidazole rings is 1. The van der Waals surface area contributed by atoms with Crippen molar-refractivity contribution in [3.05, 3.63) is 77.7 Å². The summed E-state index contributed by atoms with van der Waals surface area (Å²) >= 11 is 6.36. The molecule has 3 aromatic heterocycles. The number of aromatic nitrogens is 4. The zero-order valence-electron chi connectivity index (χ0n) is 16.7. The number of hydrogen-bond donors (Lipinski definition) is 1. The first-order chi connectivity index (χ1) is 15.0. The number of aryl methyl sites for hydroxylation is 2. The Morgan fingerprint density at radius 3 is 2.65 bits per heavy atom. The predicted molar refractivity (Wildman–Crippen MR) is 119 cm³/mol. The summed E-state index contributed by atoms with van der Waals surface area (Å²) in [6, 6.07) is 14.0. The Bertz CT molecular complexity index is 1410. The molecule has 0 saturated heterocycles. The van der Waals surface area contributed by atoms with Crippen molar-refractivity contribution >= 4 is 34.0 Å². The fraction of sp³-hybridized carbons (Fsp3) is 0.0870.